The summed E-state index contributed by atoms with van der Waals surface area (Å²) in [4.78, 5) is 22.8. The Hall–Kier alpha value is -3.93. The molecule has 0 bridgehead atoms. The molecule has 0 aliphatic rings. The van der Waals surface area contributed by atoms with Crippen LogP contribution in [0.1, 0.15) is 15.9 Å². The number of para-hydroxylation sites is 1. The van der Waals surface area contributed by atoms with Crippen molar-refractivity contribution in [1.29, 1.82) is 0 Å². The van der Waals surface area contributed by atoms with E-state index in [1.807, 2.05) is 54.6 Å². The van der Waals surface area contributed by atoms with Crippen LogP contribution in [0.4, 0.5) is 0 Å². The third-order valence-electron chi connectivity index (χ3n) is 3.89. The van der Waals surface area contributed by atoms with Gasteiger partial charge in [-0.05, 0) is 29.3 Å². The van der Waals surface area contributed by atoms with Crippen LogP contribution in [0.5, 0.6) is 5.75 Å². The normalized spacial score (nSPS) is 10.6. The number of nitrogens with zero attached hydrogens (tertiary/aromatic N) is 1. The number of aromatic carboxylic acids is 1. The summed E-state index contributed by atoms with van der Waals surface area (Å²) in [6, 6.07) is 23.4. The molecule has 0 radical (unpaired) electrons. The van der Waals surface area contributed by atoms with Gasteiger partial charge in [-0.25, -0.2) is 10.2 Å². The van der Waals surface area contributed by atoms with Gasteiger partial charge in [0.2, 0.25) is 0 Å². The fraction of sp³-hybridized carbons (Fsp3) is 0.0455. The molecule has 0 aromatic heterocycles. The topological polar surface area (TPSA) is 88.0 Å². The first-order chi connectivity index (χ1) is 13.6. The molecule has 3 aromatic carbocycles. The molecule has 0 fully saturated rings. The number of carbonyl (C=O) groups excluding carboxylic acids is 1. The highest BCUT2D eigenvalue weighted by Gasteiger charge is 2.07. The van der Waals surface area contributed by atoms with Gasteiger partial charge in [0.15, 0.2) is 6.61 Å². The van der Waals surface area contributed by atoms with Gasteiger partial charge in [0.1, 0.15) is 5.75 Å². The Morgan fingerprint density at radius 1 is 0.929 bits per heavy atom. The van der Waals surface area contributed by atoms with E-state index in [2.05, 4.69) is 10.5 Å². The predicted molar refractivity (Wildman–Crippen MR) is 107 cm³/mol. The number of benzene rings is 3. The van der Waals surface area contributed by atoms with E-state index in [9.17, 15) is 9.59 Å². The smallest absolute Gasteiger partial charge is 0.335 e. The molecule has 0 heterocycles. The lowest BCUT2D eigenvalue weighted by Gasteiger charge is -2.10. The molecular weight excluding hydrogens is 356 g/mol. The van der Waals surface area contributed by atoms with Crippen LogP contribution in [-0.2, 0) is 4.79 Å². The van der Waals surface area contributed by atoms with Gasteiger partial charge < -0.3 is 9.84 Å². The van der Waals surface area contributed by atoms with Gasteiger partial charge >= 0.3 is 5.97 Å². The van der Waals surface area contributed by atoms with Gasteiger partial charge in [0, 0.05) is 5.56 Å². The molecular formula is C22H18N2O4. The number of amides is 1. The van der Waals surface area contributed by atoms with E-state index < -0.39 is 11.9 Å². The van der Waals surface area contributed by atoms with Crippen molar-refractivity contribution < 1.29 is 19.4 Å². The molecule has 3 rings (SSSR count). The summed E-state index contributed by atoms with van der Waals surface area (Å²) in [6.45, 7) is -0.181. The van der Waals surface area contributed by atoms with Crippen molar-refractivity contribution in [1.82, 2.24) is 5.43 Å². The number of rotatable bonds is 7. The number of hydrogen-bond donors (Lipinski definition) is 2. The highest BCUT2D eigenvalue weighted by atomic mass is 16.5. The van der Waals surface area contributed by atoms with E-state index in [1.165, 1.54) is 18.3 Å². The van der Waals surface area contributed by atoms with Gasteiger partial charge in [-0.1, -0.05) is 60.7 Å². The summed E-state index contributed by atoms with van der Waals surface area (Å²) in [7, 11) is 0. The lowest BCUT2D eigenvalue weighted by molar-refractivity contribution is -0.123. The maximum absolute atomic E-state index is 12.0. The Morgan fingerprint density at radius 2 is 1.61 bits per heavy atom. The highest BCUT2D eigenvalue weighted by molar-refractivity contribution is 5.89. The number of carbonyl (C=O) groups is 2. The zero-order valence-electron chi connectivity index (χ0n) is 14.9. The van der Waals surface area contributed by atoms with Crippen molar-refractivity contribution in [2.75, 3.05) is 6.61 Å². The van der Waals surface area contributed by atoms with E-state index in [-0.39, 0.29) is 12.2 Å². The second-order valence-corrected chi connectivity index (χ2v) is 5.87. The molecule has 0 saturated heterocycles. The number of nitrogens with one attached hydrogen (secondary N) is 1. The Labute approximate surface area is 162 Å². The molecule has 0 aliphatic carbocycles. The Kier molecular flexibility index (Phi) is 6.15. The number of ether oxygens (including phenoxy) is 1. The Balaban J connectivity index is 1.56. The number of hydrogen-bond acceptors (Lipinski definition) is 4. The maximum atomic E-state index is 12.0. The van der Waals surface area contributed by atoms with E-state index in [0.29, 0.717) is 11.3 Å². The summed E-state index contributed by atoms with van der Waals surface area (Å²) < 4.78 is 5.65. The highest BCUT2D eigenvalue weighted by Crippen LogP contribution is 2.29. The lowest BCUT2D eigenvalue weighted by Crippen LogP contribution is -2.24. The summed E-state index contributed by atoms with van der Waals surface area (Å²) in [5, 5.41) is 12.7. The van der Waals surface area contributed by atoms with Crippen LogP contribution >= 0.6 is 0 Å². The van der Waals surface area contributed by atoms with Crippen LogP contribution in [0.15, 0.2) is 84.0 Å². The van der Waals surface area contributed by atoms with Crippen LogP contribution in [0.3, 0.4) is 0 Å². The number of hydrazone groups is 1. The first-order valence-corrected chi connectivity index (χ1v) is 8.56. The molecule has 0 unspecified atom stereocenters. The van der Waals surface area contributed by atoms with Crippen LogP contribution in [-0.4, -0.2) is 29.8 Å². The standard InChI is InChI=1S/C22H18N2O4/c25-21(24-23-14-16-10-12-18(13-11-16)22(26)27)15-28-20-9-5-4-8-19(20)17-6-2-1-3-7-17/h1-14H,15H2,(H,24,25)(H,26,27)/b23-14+. The molecule has 1 amide bonds. The monoisotopic (exact) mass is 374 g/mol. The summed E-state index contributed by atoms with van der Waals surface area (Å²) in [5.41, 5.74) is 5.14. The number of carboxylic acids is 1. The Bertz CT molecular complexity index is 983. The van der Waals surface area contributed by atoms with Gasteiger partial charge in [0.25, 0.3) is 5.91 Å². The summed E-state index contributed by atoms with van der Waals surface area (Å²) in [6.07, 6.45) is 1.43. The summed E-state index contributed by atoms with van der Waals surface area (Å²) in [5.74, 6) is -0.789. The molecule has 0 aliphatic heterocycles. The van der Waals surface area contributed by atoms with Crippen LogP contribution in [0, 0.1) is 0 Å². The average Bonchev–Trinajstić information content (AvgIpc) is 2.73. The fourth-order valence-electron chi connectivity index (χ4n) is 2.51. The quantitative estimate of drug-likeness (QED) is 0.489. The minimum absolute atomic E-state index is 0.181. The first-order valence-electron chi connectivity index (χ1n) is 8.56. The minimum atomic E-state index is -0.996. The predicted octanol–water partition coefficient (Wildman–Crippen LogP) is 3.58. The van der Waals surface area contributed by atoms with Crippen LogP contribution < -0.4 is 10.2 Å². The first kappa shape index (κ1) is 18.8. The van der Waals surface area contributed by atoms with E-state index in [0.717, 1.165) is 11.1 Å². The second kappa shape index (κ2) is 9.14. The van der Waals surface area contributed by atoms with E-state index in [1.54, 1.807) is 12.1 Å². The average molecular weight is 374 g/mol. The molecule has 0 spiro atoms. The van der Waals surface area contributed by atoms with E-state index >= 15 is 0 Å². The van der Waals surface area contributed by atoms with Gasteiger partial charge in [-0.3, -0.25) is 4.79 Å². The SMILES string of the molecule is O=C(COc1ccccc1-c1ccccc1)N/N=C/c1ccc(C(=O)O)cc1. The maximum Gasteiger partial charge on any atom is 0.335 e. The molecule has 0 saturated carbocycles. The molecule has 6 heteroatoms. The zero-order chi connectivity index (χ0) is 19.8. The zero-order valence-corrected chi connectivity index (χ0v) is 14.9. The van der Waals surface area contributed by atoms with Crippen LogP contribution in [0.25, 0.3) is 11.1 Å². The minimum Gasteiger partial charge on any atom is -0.483 e. The molecule has 28 heavy (non-hydrogen) atoms. The summed E-state index contributed by atoms with van der Waals surface area (Å²) >= 11 is 0. The lowest BCUT2D eigenvalue weighted by atomic mass is 10.1. The van der Waals surface area contributed by atoms with Crippen molar-refractivity contribution in [3.05, 3.63) is 90.0 Å². The molecule has 6 nitrogen and oxygen atoms in total. The van der Waals surface area contributed by atoms with Crippen molar-refractivity contribution in [2.45, 2.75) is 0 Å². The van der Waals surface area contributed by atoms with Crippen LogP contribution in [0.2, 0.25) is 0 Å². The molecule has 140 valence electrons. The molecule has 2 N–H and O–H groups in total. The largest absolute Gasteiger partial charge is 0.483 e. The molecule has 0 atom stereocenters. The third-order valence-corrected chi connectivity index (χ3v) is 3.89. The van der Waals surface area contributed by atoms with Crippen molar-refractivity contribution in [3.63, 3.8) is 0 Å². The van der Waals surface area contributed by atoms with Gasteiger partial charge in [-0.15, -0.1) is 0 Å². The number of carboxylic acid groups (broad SMARTS) is 1. The molecule has 3 aromatic rings. The van der Waals surface area contributed by atoms with E-state index in [4.69, 9.17) is 9.84 Å². The van der Waals surface area contributed by atoms with Crippen molar-refractivity contribution >= 4 is 18.1 Å². The van der Waals surface area contributed by atoms with Gasteiger partial charge in [0.05, 0.1) is 11.8 Å². The van der Waals surface area contributed by atoms with Gasteiger partial charge in [-0.2, -0.15) is 5.10 Å². The van der Waals surface area contributed by atoms with Crippen molar-refractivity contribution in [3.8, 4) is 16.9 Å². The Morgan fingerprint density at radius 3 is 2.32 bits per heavy atom. The second-order valence-electron chi connectivity index (χ2n) is 5.87. The third kappa shape index (κ3) is 5.04. The van der Waals surface area contributed by atoms with Crippen molar-refractivity contribution in [2.24, 2.45) is 5.10 Å². The fourth-order valence-corrected chi connectivity index (χ4v) is 2.51.